The summed E-state index contributed by atoms with van der Waals surface area (Å²) in [5, 5.41) is 6.73. The number of ether oxygens (including phenoxy) is 1. The third-order valence-electron chi connectivity index (χ3n) is 6.75. The maximum absolute atomic E-state index is 12.2. The van der Waals surface area contributed by atoms with Crippen LogP contribution in [-0.4, -0.2) is 67.2 Å². The smallest absolute Gasteiger partial charge is 0.265 e. The van der Waals surface area contributed by atoms with Gasteiger partial charge in [-0.05, 0) is 69.8 Å². The summed E-state index contributed by atoms with van der Waals surface area (Å²) in [5.41, 5.74) is 5.95. The summed E-state index contributed by atoms with van der Waals surface area (Å²) in [5.74, 6) is 1.88. The first-order valence-corrected chi connectivity index (χ1v) is 12.4. The molecule has 1 amide bonds. The van der Waals surface area contributed by atoms with Crippen molar-refractivity contribution in [2.24, 2.45) is 0 Å². The molecule has 36 heavy (non-hydrogen) atoms. The SMILES string of the molecule is CCN1C(=O)COc2ccc(Nc3nc(Nc4ccc(N5CCN(C)CC5)c(C)c4)ncc3C)cc21. The van der Waals surface area contributed by atoms with E-state index >= 15 is 0 Å². The Morgan fingerprint density at radius 1 is 0.944 bits per heavy atom. The maximum Gasteiger partial charge on any atom is 0.265 e. The average molecular weight is 488 g/mol. The van der Waals surface area contributed by atoms with Gasteiger partial charge in [0.1, 0.15) is 11.6 Å². The van der Waals surface area contributed by atoms with Crippen molar-refractivity contribution < 1.29 is 9.53 Å². The number of benzene rings is 2. The molecule has 0 aliphatic carbocycles. The molecule has 5 rings (SSSR count). The molecule has 1 fully saturated rings. The van der Waals surface area contributed by atoms with Crippen LogP contribution in [0, 0.1) is 13.8 Å². The number of amides is 1. The first-order valence-electron chi connectivity index (χ1n) is 12.4. The van der Waals surface area contributed by atoms with E-state index in [2.05, 4.69) is 57.6 Å². The molecular formula is C27H33N7O2. The van der Waals surface area contributed by atoms with Crippen molar-refractivity contribution in [2.75, 3.05) is 66.8 Å². The third kappa shape index (κ3) is 4.92. The highest BCUT2D eigenvalue weighted by Crippen LogP contribution is 2.35. The Morgan fingerprint density at radius 3 is 2.44 bits per heavy atom. The molecule has 0 atom stereocenters. The molecule has 9 heteroatoms. The molecule has 9 nitrogen and oxygen atoms in total. The van der Waals surface area contributed by atoms with E-state index in [9.17, 15) is 4.79 Å². The van der Waals surface area contributed by atoms with Crippen molar-refractivity contribution in [2.45, 2.75) is 20.8 Å². The van der Waals surface area contributed by atoms with Crippen LogP contribution in [0.5, 0.6) is 5.75 Å². The van der Waals surface area contributed by atoms with E-state index in [1.807, 2.05) is 32.0 Å². The summed E-state index contributed by atoms with van der Waals surface area (Å²) in [4.78, 5) is 28.0. The number of hydrogen-bond donors (Lipinski definition) is 2. The predicted octanol–water partition coefficient (Wildman–Crippen LogP) is 4.08. The number of carbonyl (C=O) groups is 1. The summed E-state index contributed by atoms with van der Waals surface area (Å²) in [6.45, 7) is 11.0. The van der Waals surface area contributed by atoms with Gasteiger partial charge in [-0.25, -0.2) is 4.98 Å². The molecule has 0 bridgehead atoms. The van der Waals surface area contributed by atoms with Crippen LogP contribution in [0.1, 0.15) is 18.1 Å². The van der Waals surface area contributed by atoms with Crippen LogP contribution >= 0.6 is 0 Å². The van der Waals surface area contributed by atoms with Gasteiger partial charge in [0.25, 0.3) is 5.91 Å². The highest BCUT2D eigenvalue weighted by atomic mass is 16.5. The fourth-order valence-corrected chi connectivity index (χ4v) is 4.66. The van der Waals surface area contributed by atoms with E-state index in [0.717, 1.165) is 48.8 Å². The first-order chi connectivity index (χ1) is 17.4. The molecule has 0 radical (unpaired) electrons. The van der Waals surface area contributed by atoms with Gasteiger partial charge in [-0.15, -0.1) is 0 Å². The van der Waals surface area contributed by atoms with Gasteiger partial charge < -0.3 is 30.1 Å². The lowest BCUT2D eigenvalue weighted by atomic mass is 10.1. The van der Waals surface area contributed by atoms with Gasteiger partial charge in [-0.2, -0.15) is 4.98 Å². The fourth-order valence-electron chi connectivity index (χ4n) is 4.66. The van der Waals surface area contributed by atoms with E-state index in [1.54, 1.807) is 11.1 Å². The van der Waals surface area contributed by atoms with Crippen LogP contribution in [-0.2, 0) is 4.79 Å². The van der Waals surface area contributed by atoms with Crippen molar-refractivity contribution in [3.05, 3.63) is 53.7 Å². The van der Waals surface area contributed by atoms with Gasteiger partial charge in [0.2, 0.25) is 5.95 Å². The lowest BCUT2D eigenvalue weighted by molar-refractivity contribution is -0.121. The molecule has 3 heterocycles. The molecule has 0 saturated carbocycles. The molecule has 0 spiro atoms. The summed E-state index contributed by atoms with van der Waals surface area (Å²) in [6, 6.07) is 12.1. The van der Waals surface area contributed by atoms with Crippen molar-refractivity contribution in [1.29, 1.82) is 0 Å². The molecule has 2 N–H and O–H groups in total. The van der Waals surface area contributed by atoms with Gasteiger partial charge >= 0.3 is 0 Å². The number of fused-ring (bicyclic) bond motifs is 1. The second-order valence-electron chi connectivity index (χ2n) is 9.38. The minimum Gasteiger partial charge on any atom is -0.482 e. The molecule has 2 aromatic carbocycles. The number of nitrogens with one attached hydrogen (secondary N) is 2. The fraction of sp³-hybridized carbons (Fsp3) is 0.370. The van der Waals surface area contributed by atoms with Crippen LogP contribution in [0.4, 0.5) is 34.5 Å². The minimum atomic E-state index is -0.0409. The number of aryl methyl sites for hydroxylation is 2. The Hall–Kier alpha value is -3.85. The number of anilines is 6. The molecular weight excluding hydrogens is 454 g/mol. The highest BCUT2D eigenvalue weighted by Gasteiger charge is 2.24. The Morgan fingerprint density at radius 2 is 1.69 bits per heavy atom. The summed E-state index contributed by atoms with van der Waals surface area (Å²) < 4.78 is 5.58. The molecule has 2 aliphatic heterocycles. The zero-order valence-corrected chi connectivity index (χ0v) is 21.3. The number of piperazine rings is 1. The molecule has 188 valence electrons. The van der Waals surface area contributed by atoms with Crippen LogP contribution in [0.25, 0.3) is 0 Å². The van der Waals surface area contributed by atoms with Gasteiger partial charge in [0, 0.05) is 61.5 Å². The molecule has 2 aliphatic rings. The van der Waals surface area contributed by atoms with Gasteiger partial charge in [-0.3, -0.25) is 4.79 Å². The topological polar surface area (TPSA) is 85.9 Å². The van der Waals surface area contributed by atoms with Crippen LogP contribution in [0.3, 0.4) is 0 Å². The largest absolute Gasteiger partial charge is 0.482 e. The lowest BCUT2D eigenvalue weighted by Crippen LogP contribution is -2.44. The molecule has 1 aromatic heterocycles. The second kappa shape index (κ2) is 10.0. The number of rotatable bonds is 6. The van der Waals surface area contributed by atoms with E-state index in [0.29, 0.717) is 24.1 Å². The summed E-state index contributed by atoms with van der Waals surface area (Å²) in [7, 11) is 2.17. The number of hydrogen-bond acceptors (Lipinski definition) is 8. The van der Waals surface area contributed by atoms with Gasteiger partial charge in [0.15, 0.2) is 6.61 Å². The Balaban J connectivity index is 1.32. The number of likely N-dealkylation sites (N-methyl/N-ethyl adjacent to an activating group) is 2. The molecule has 1 saturated heterocycles. The molecule has 3 aromatic rings. The number of carbonyl (C=O) groups excluding carboxylic acids is 1. The van der Waals surface area contributed by atoms with Gasteiger partial charge in [0.05, 0.1) is 5.69 Å². The van der Waals surface area contributed by atoms with Crippen LogP contribution in [0.15, 0.2) is 42.6 Å². The standard InChI is InChI=1S/C27H33N7O2/c1-5-34-23-15-21(7-9-24(23)36-17-25(34)35)29-26-19(3)16-28-27(31-26)30-20-6-8-22(18(2)14-20)33-12-10-32(4)11-13-33/h6-9,14-16H,5,10-13,17H2,1-4H3,(H2,28,29,30,31). The van der Waals surface area contributed by atoms with E-state index < -0.39 is 0 Å². The number of aromatic nitrogens is 2. The quantitative estimate of drug-likeness (QED) is 0.538. The van der Waals surface area contributed by atoms with Crippen LogP contribution in [0.2, 0.25) is 0 Å². The lowest BCUT2D eigenvalue weighted by Gasteiger charge is -2.35. The number of nitrogens with zero attached hydrogens (tertiary/aromatic N) is 5. The van der Waals surface area contributed by atoms with E-state index in [-0.39, 0.29) is 12.5 Å². The maximum atomic E-state index is 12.2. The first kappa shape index (κ1) is 23.9. The highest BCUT2D eigenvalue weighted by molar-refractivity contribution is 5.98. The normalized spacial score (nSPS) is 15.9. The Kier molecular flexibility index (Phi) is 6.65. The van der Waals surface area contributed by atoms with Crippen LogP contribution < -0.4 is 25.2 Å². The van der Waals surface area contributed by atoms with Crippen molar-refractivity contribution in [1.82, 2.24) is 14.9 Å². The average Bonchev–Trinajstić information content (AvgIpc) is 2.87. The zero-order valence-electron chi connectivity index (χ0n) is 21.3. The zero-order chi connectivity index (χ0) is 25.2. The van der Waals surface area contributed by atoms with Crippen molar-refractivity contribution in [3.63, 3.8) is 0 Å². The van der Waals surface area contributed by atoms with E-state index in [1.165, 1.54) is 11.3 Å². The van der Waals surface area contributed by atoms with Crippen molar-refractivity contribution >= 4 is 40.4 Å². The second-order valence-corrected chi connectivity index (χ2v) is 9.38. The monoisotopic (exact) mass is 487 g/mol. The molecule has 0 unspecified atom stereocenters. The summed E-state index contributed by atoms with van der Waals surface area (Å²) >= 11 is 0. The Labute approximate surface area is 212 Å². The predicted molar refractivity (Wildman–Crippen MR) is 144 cm³/mol. The summed E-state index contributed by atoms with van der Waals surface area (Å²) in [6.07, 6.45) is 1.80. The Bertz CT molecular complexity index is 1270. The van der Waals surface area contributed by atoms with Crippen molar-refractivity contribution in [3.8, 4) is 5.75 Å². The minimum absolute atomic E-state index is 0.0409. The van der Waals surface area contributed by atoms with E-state index in [4.69, 9.17) is 9.72 Å². The van der Waals surface area contributed by atoms with Gasteiger partial charge in [-0.1, -0.05) is 0 Å². The third-order valence-corrected chi connectivity index (χ3v) is 6.75.